The van der Waals surface area contributed by atoms with Crippen molar-refractivity contribution in [1.82, 2.24) is 14.3 Å². The van der Waals surface area contributed by atoms with E-state index in [2.05, 4.69) is 71.3 Å². The van der Waals surface area contributed by atoms with E-state index in [0.29, 0.717) is 5.02 Å². The summed E-state index contributed by atoms with van der Waals surface area (Å²) in [6.45, 7) is 6.27. The molecule has 0 aliphatic carbocycles. The Kier molecular flexibility index (Phi) is 5.18. The van der Waals surface area contributed by atoms with Gasteiger partial charge in [0.25, 0.3) is 0 Å². The first-order valence-electron chi connectivity index (χ1n) is 9.95. The number of benzene rings is 2. The summed E-state index contributed by atoms with van der Waals surface area (Å²) in [6, 6.07) is 22.4. The molecule has 0 saturated carbocycles. The zero-order valence-electron chi connectivity index (χ0n) is 17.0. The first-order valence-corrected chi connectivity index (χ1v) is 11.1. The Hall–Kier alpha value is -3.21. The fraction of sp³-hybridized carbons (Fsp3) is 0.0385. The van der Waals surface area contributed by atoms with Gasteiger partial charge in [0.05, 0.1) is 0 Å². The predicted molar refractivity (Wildman–Crippen MR) is 132 cm³/mol. The molecule has 0 fully saturated rings. The summed E-state index contributed by atoms with van der Waals surface area (Å²) in [5, 5.41) is 5.17. The molecule has 4 aromatic rings. The molecule has 0 saturated heterocycles. The maximum atomic E-state index is 6.45. The lowest BCUT2D eigenvalue weighted by atomic mass is 9.97. The summed E-state index contributed by atoms with van der Waals surface area (Å²) in [5.41, 5.74) is 7.00. The molecular weight excluding hydrogens is 422 g/mol. The number of dihydropyridines is 1. The second-order valence-electron chi connectivity index (χ2n) is 7.37. The largest absolute Gasteiger partial charge is 0.355 e. The molecule has 1 aliphatic rings. The summed E-state index contributed by atoms with van der Waals surface area (Å²) in [5.74, 6) is 0. The first kappa shape index (κ1) is 19.7. The summed E-state index contributed by atoms with van der Waals surface area (Å²) >= 11 is 8.13. The van der Waals surface area contributed by atoms with Crippen molar-refractivity contribution in [2.24, 2.45) is 0 Å². The van der Waals surface area contributed by atoms with Gasteiger partial charge in [-0.05, 0) is 72.5 Å². The van der Waals surface area contributed by atoms with E-state index in [9.17, 15) is 0 Å². The minimum absolute atomic E-state index is 0.705. The van der Waals surface area contributed by atoms with Crippen molar-refractivity contribution in [3.05, 3.63) is 119 Å². The zero-order valence-corrected chi connectivity index (χ0v) is 18.5. The average Bonchev–Trinajstić information content (AvgIpc) is 3.09. The first-order chi connectivity index (χ1) is 15.1. The molecule has 3 nitrogen and oxygen atoms in total. The molecule has 31 heavy (non-hydrogen) atoms. The van der Waals surface area contributed by atoms with Crippen LogP contribution in [0.3, 0.4) is 0 Å². The quantitative estimate of drug-likeness (QED) is 0.366. The Morgan fingerprint density at radius 1 is 0.968 bits per heavy atom. The van der Waals surface area contributed by atoms with Crippen LogP contribution in [0.15, 0.2) is 102 Å². The van der Waals surface area contributed by atoms with Gasteiger partial charge in [-0.25, -0.2) is 4.98 Å². The SMILES string of the molecule is C=C1C=C(c2ccnc3c2cc(C)n3Sc2ccccc2)C=C(c2ccccc2Cl)N1. The highest BCUT2D eigenvalue weighted by Crippen LogP contribution is 2.35. The molecule has 1 aliphatic heterocycles. The molecule has 0 spiro atoms. The van der Waals surface area contributed by atoms with Crippen LogP contribution in [0.25, 0.3) is 22.3 Å². The summed E-state index contributed by atoms with van der Waals surface area (Å²) in [6.07, 6.45) is 6.06. The lowest BCUT2D eigenvalue weighted by molar-refractivity contribution is 1.13. The molecule has 0 amide bonds. The maximum Gasteiger partial charge on any atom is 0.151 e. The number of aryl methyl sites for hydroxylation is 1. The molecular formula is C26H20ClN3S. The third kappa shape index (κ3) is 3.80. The van der Waals surface area contributed by atoms with Crippen molar-refractivity contribution in [3.63, 3.8) is 0 Å². The van der Waals surface area contributed by atoms with E-state index >= 15 is 0 Å². The van der Waals surface area contributed by atoms with E-state index in [1.54, 1.807) is 11.9 Å². The second-order valence-corrected chi connectivity index (χ2v) is 8.79. The van der Waals surface area contributed by atoms with E-state index in [1.807, 2.05) is 36.5 Å². The van der Waals surface area contributed by atoms with E-state index in [-0.39, 0.29) is 0 Å². The smallest absolute Gasteiger partial charge is 0.151 e. The number of allylic oxidation sites excluding steroid dienone is 3. The van der Waals surface area contributed by atoms with E-state index < -0.39 is 0 Å². The zero-order chi connectivity index (χ0) is 21.4. The van der Waals surface area contributed by atoms with Gasteiger partial charge in [0, 0.05) is 44.2 Å². The van der Waals surface area contributed by atoms with Crippen LogP contribution in [-0.4, -0.2) is 8.96 Å². The van der Waals surface area contributed by atoms with Crippen LogP contribution in [0.4, 0.5) is 0 Å². The van der Waals surface area contributed by atoms with Crippen LogP contribution in [0.2, 0.25) is 5.02 Å². The van der Waals surface area contributed by atoms with Crippen molar-refractivity contribution >= 4 is 45.9 Å². The van der Waals surface area contributed by atoms with Gasteiger partial charge in [0.1, 0.15) is 0 Å². The minimum atomic E-state index is 0.705. The van der Waals surface area contributed by atoms with Gasteiger partial charge >= 0.3 is 0 Å². The minimum Gasteiger partial charge on any atom is -0.355 e. The van der Waals surface area contributed by atoms with Crippen molar-refractivity contribution in [3.8, 4) is 0 Å². The van der Waals surface area contributed by atoms with Crippen LogP contribution < -0.4 is 5.32 Å². The number of rotatable bonds is 4. The van der Waals surface area contributed by atoms with Gasteiger partial charge in [0.2, 0.25) is 0 Å². The van der Waals surface area contributed by atoms with Gasteiger partial charge in [-0.3, -0.25) is 3.97 Å². The Morgan fingerprint density at radius 2 is 1.74 bits per heavy atom. The van der Waals surface area contributed by atoms with Gasteiger partial charge in [-0.1, -0.05) is 54.6 Å². The molecule has 2 aromatic carbocycles. The van der Waals surface area contributed by atoms with E-state index in [4.69, 9.17) is 16.6 Å². The number of nitrogens with zero attached hydrogens (tertiary/aromatic N) is 2. The molecule has 0 unspecified atom stereocenters. The Balaban J connectivity index is 1.61. The second kappa shape index (κ2) is 8.14. The van der Waals surface area contributed by atoms with Gasteiger partial charge in [-0.2, -0.15) is 0 Å². The fourth-order valence-electron chi connectivity index (χ4n) is 3.76. The summed E-state index contributed by atoms with van der Waals surface area (Å²) < 4.78 is 2.18. The molecule has 5 heteroatoms. The number of aromatic nitrogens is 2. The standard InChI is InChI=1S/C26H20ClN3S/c1-17-14-19(16-25(29-17)22-10-6-7-11-24(22)27)21-12-13-28-26-23(21)15-18(2)30(26)31-20-8-4-3-5-9-20/h3-16,29H,1H2,2H3. The third-order valence-electron chi connectivity index (χ3n) is 5.17. The number of pyridine rings is 1. The maximum absolute atomic E-state index is 6.45. The van der Waals surface area contributed by atoms with Crippen molar-refractivity contribution in [2.45, 2.75) is 11.8 Å². The molecule has 3 heterocycles. The molecule has 0 atom stereocenters. The lowest BCUT2D eigenvalue weighted by Gasteiger charge is -2.19. The Labute approximate surface area is 190 Å². The van der Waals surface area contributed by atoms with Crippen LogP contribution in [0.1, 0.15) is 16.8 Å². The van der Waals surface area contributed by atoms with Crippen LogP contribution in [0, 0.1) is 6.92 Å². The Bertz CT molecular complexity index is 1370. The van der Waals surface area contributed by atoms with Crippen LogP contribution in [0.5, 0.6) is 0 Å². The molecule has 5 rings (SSSR count). The normalized spacial score (nSPS) is 13.7. The van der Waals surface area contributed by atoms with Crippen LogP contribution >= 0.6 is 23.5 Å². The lowest BCUT2D eigenvalue weighted by Crippen LogP contribution is -2.14. The number of halogens is 1. The predicted octanol–water partition coefficient (Wildman–Crippen LogP) is 7.09. The molecule has 0 bridgehead atoms. The number of nitrogens with one attached hydrogen (secondary N) is 1. The molecule has 0 radical (unpaired) electrons. The fourth-order valence-corrected chi connectivity index (χ4v) is 4.92. The van der Waals surface area contributed by atoms with Crippen LogP contribution in [-0.2, 0) is 0 Å². The highest BCUT2D eigenvalue weighted by Gasteiger charge is 2.17. The highest BCUT2D eigenvalue weighted by molar-refractivity contribution is 7.98. The third-order valence-corrected chi connectivity index (χ3v) is 6.63. The van der Waals surface area contributed by atoms with Crippen molar-refractivity contribution < 1.29 is 0 Å². The molecule has 2 aromatic heterocycles. The van der Waals surface area contributed by atoms with Gasteiger partial charge in [0.15, 0.2) is 5.65 Å². The topological polar surface area (TPSA) is 29.9 Å². The molecule has 152 valence electrons. The number of hydrogen-bond acceptors (Lipinski definition) is 3. The number of hydrogen-bond donors (Lipinski definition) is 1. The van der Waals surface area contributed by atoms with Crippen molar-refractivity contribution in [2.75, 3.05) is 0 Å². The van der Waals surface area contributed by atoms with Gasteiger partial charge in [-0.15, -0.1) is 0 Å². The Morgan fingerprint density at radius 3 is 2.55 bits per heavy atom. The number of fused-ring (bicyclic) bond motifs is 1. The van der Waals surface area contributed by atoms with Gasteiger partial charge < -0.3 is 5.32 Å². The average molecular weight is 442 g/mol. The summed E-state index contributed by atoms with van der Waals surface area (Å²) in [4.78, 5) is 5.87. The van der Waals surface area contributed by atoms with Crippen molar-refractivity contribution in [1.29, 1.82) is 0 Å². The monoisotopic (exact) mass is 441 g/mol. The molecule has 1 N–H and O–H groups in total. The highest BCUT2D eigenvalue weighted by atomic mass is 35.5. The van der Waals surface area contributed by atoms with E-state index in [1.165, 1.54) is 4.90 Å². The summed E-state index contributed by atoms with van der Waals surface area (Å²) in [7, 11) is 0. The van der Waals surface area contributed by atoms with E-state index in [0.717, 1.165) is 44.8 Å².